The molecule has 0 rings (SSSR count). The van der Waals surface area contributed by atoms with E-state index in [1.807, 2.05) is 26.0 Å². The molecular weight excluding hydrogens is 128 g/mol. The van der Waals surface area contributed by atoms with Gasteiger partial charge in [-0.2, -0.15) is 0 Å². The molecular formula is C7H22N2O. The second kappa shape index (κ2) is 15.9. The summed E-state index contributed by atoms with van der Waals surface area (Å²) in [6.07, 6.45) is 2.04. The summed E-state index contributed by atoms with van der Waals surface area (Å²) in [5.74, 6) is 0. The molecule has 0 spiro atoms. The maximum Gasteiger partial charge on any atom is 0.0430 e. The van der Waals surface area contributed by atoms with Gasteiger partial charge in [0.05, 0.1) is 0 Å². The van der Waals surface area contributed by atoms with Gasteiger partial charge in [0.1, 0.15) is 0 Å². The Kier molecular flexibility index (Phi) is 26.2. The number of aliphatic hydroxyl groups is 1. The van der Waals surface area contributed by atoms with Gasteiger partial charge in [0.2, 0.25) is 0 Å². The van der Waals surface area contributed by atoms with Gasteiger partial charge in [-0.05, 0) is 27.6 Å². The van der Waals surface area contributed by atoms with E-state index in [9.17, 15) is 0 Å². The molecule has 0 unspecified atom stereocenters. The summed E-state index contributed by atoms with van der Waals surface area (Å²) in [6, 6.07) is 0. The van der Waals surface area contributed by atoms with Crippen molar-refractivity contribution in [2.45, 2.75) is 19.8 Å². The van der Waals surface area contributed by atoms with Crippen molar-refractivity contribution in [3.8, 4) is 0 Å². The third-order valence-corrected chi connectivity index (χ3v) is 0.512. The third kappa shape index (κ3) is 106. The van der Waals surface area contributed by atoms with Crippen molar-refractivity contribution >= 4 is 0 Å². The quantitative estimate of drug-likeness (QED) is 0.620. The molecule has 0 aliphatic rings. The van der Waals surface area contributed by atoms with E-state index in [0.717, 1.165) is 12.8 Å². The smallest absolute Gasteiger partial charge is 0.0430 e. The molecule has 0 aliphatic carbocycles. The number of hydrogen-bond donors (Lipinski definition) is 2. The molecule has 0 saturated heterocycles. The van der Waals surface area contributed by atoms with Crippen molar-refractivity contribution in [1.82, 2.24) is 11.1 Å². The normalized spacial score (nSPS) is 7.80. The number of rotatable bonds is 2. The first-order valence-corrected chi connectivity index (χ1v) is 3.36. The molecule has 0 aliphatic heterocycles. The summed E-state index contributed by atoms with van der Waals surface area (Å²) >= 11 is 0. The minimum Gasteiger partial charge on any atom is -0.396 e. The molecule has 0 atom stereocenters. The zero-order valence-electron chi connectivity index (χ0n) is 7.72. The van der Waals surface area contributed by atoms with E-state index in [1.54, 1.807) is 0 Å². The first-order valence-electron chi connectivity index (χ1n) is 3.36. The van der Waals surface area contributed by atoms with E-state index >= 15 is 0 Å². The van der Waals surface area contributed by atoms with Gasteiger partial charge in [0, 0.05) is 6.61 Å². The molecule has 0 bridgehead atoms. The molecule has 0 fully saturated rings. The summed E-state index contributed by atoms with van der Waals surface area (Å²) in [5.41, 5.74) is 0. The molecule has 10 heavy (non-hydrogen) atoms. The van der Waals surface area contributed by atoms with E-state index in [-0.39, 0.29) is 6.15 Å². The second-order valence-corrected chi connectivity index (χ2v) is 2.42. The predicted octanol–water partition coefficient (Wildman–Crippen LogP) is 1.12. The molecule has 0 aromatic heterocycles. The maximum absolute atomic E-state index is 8.07. The molecule has 4 N–H and O–H groups in total. The molecule has 0 amide bonds. The molecule has 3 nitrogen and oxygen atoms in total. The standard InChI is InChI=1S/C4H10O.C3H9N.H3N/c1-2-3-4-5;1-4(2)3;/h5H,2-4H2,1H3;1-3H3;1H3. The summed E-state index contributed by atoms with van der Waals surface area (Å²) in [6.45, 7) is 2.40. The Morgan fingerprint density at radius 1 is 1.20 bits per heavy atom. The van der Waals surface area contributed by atoms with Crippen LogP contribution in [0.1, 0.15) is 19.8 Å². The summed E-state index contributed by atoms with van der Waals surface area (Å²) < 4.78 is 0. The Hall–Kier alpha value is -0.120. The van der Waals surface area contributed by atoms with Crippen LogP contribution >= 0.6 is 0 Å². The van der Waals surface area contributed by atoms with Gasteiger partial charge in [-0.25, -0.2) is 0 Å². The van der Waals surface area contributed by atoms with E-state index in [1.165, 1.54) is 0 Å². The highest BCUT2D eigenvalue weighted by molar-refractivity contribution is 4.23. The zero-order valence-corrected chi connectivity index (χ0v) is 7.72. The number of hydrogen-bond acceptors (Lipinski definition) is 3. The molecule has 0 radical (unpaired) electrons. The molecule has 0 saturated carbocycles. The molecule has 66 valence electrons. The third-order valence-electron chi connectivity index (χ3n) is 0.512. The van der Waals surface area contributed by atoms with Gasteiger partial charge in [0.25, 0.3) is 0 Å². The van der Waals surface area contributed by atoms with Crippen LogP contribution in [0.25, 0.3) is 0 Å². The Balaban J connectivity index is -0.0000000910. The first kappa shape index (κ1) is 16.5. The number of aliphatic hydroxyl groups excluding tert-OH is 1. The zero-order chi connectivity index (χ0) is 7.70. The van der Waals surface area contributed by atoms with E-state index in [0.29, 0.717) is 6.61 Å². The van der Waals surface area contributed by atoms with Crippen molar-refractivity contribution in [3.63, 3.8) is 0 Å². The van der Waals surface area contributed by atoms with Crippen molar-refractivity contribution in [2.24, 2.45) is 0 Å². The lowest BCUT2D eigenvalue weighted by Crippen LogP contribution is -1.99. The predicted molar refractivity (Wildman–Crippen MR) is 46.6 cm³/mol. The molecule has 3 heteroatoms. The Labute approximate surface area is 64.6 Å². The Bertz CT molecular complexity index is 35.8. The van der Waals surface area contributed by atoms with Gasteiger partial charge >= 0.3 is 0 Å². The van der Waals surface area contributed by atoms with Gasteiger partial charge in [0.15, 0.2) is 0 Å². The first-order chi connectivity index (χ1) is 4.15. The fourth-order valence-corrected chi connectivity index (χ4v) is 0.158. The summed E-state index contributed by atoms with van der Waals surface area (Å²) in [5, 5.41) is 8.07. The highest BCUT2D eigenvalue weighted by Crippen LogP contribution is 1.78. The van der Waals surface area contributed by atoms with Crippen LogP contribution in [-0.2, 0) is 0 Å². The van der Waals surface area contributed by atoms with Crippen LogP contribution in [-0.4, -0.2) is 37.8 Å². The van der Waals surface area contributed by atoms with Crippen LogP contribution in [0.15, 0.2) is 0 Å². The largest absolute Gasteiger partial charge is 0.396 e. The fourth-order valence-electron chi connectivity index (χ4n) is 0.158. The minimum absolute atomic E-state index is 0. The maximum atomic E-state index is 8.07. The highest BCUT2D eigenvalue weighted by atomic mass is 16.2. The van der Waals surface area contributed by atoms with E-state index in [2.05, 4.69) is 6.92 Å². The number of nitrogens with zero attached hydrogens (tertiary/aromatic N) is 1. The van der Waals surface area contributed by atoms with Crippen LogP contribution in [0.5, 0.6) is 0 Å². The van der Waals surface area contributed by atoms with Crippen LogP contribution < -0.4 is 6.15 Å². The summed E-state index contributed by atoms with van der Waals surface area (Å²) in [7, 11) is 6.00. The van der Waals surface area contributed by atoms with E-state index in [4.69, 9.17) is 5.11 Å². The van der Waals surface area contributed by atoms with Crippen molar-refractivity contribution in [2.75, 3.05) is 27.7 Å². The molecule has 0 aromatic carbocycles. The average molecular weight is 150 g/mol. The second-order valence-electron chi connectivity index (χ2n) is 2.42. The monoisotopic (exact) mass is 150 g/mol. The van der Waals surface area contributed by atoms with Gasteiger partial charge in [-0.3, -0.25) is 0 Å². The van der Waals surface area contributed by atoms with Gasteiger partial charge in [-0.1, -0.05) is 13.3 Å². The van der Waals surface area contributed by atoms with Crippen LogP contribution in [0.4, 0.5) is 0 Å². The Morgan fingerprint density at radius 3 is 1.50 bits per heavy atom. The summed E-state index contributed by atoms with van der Waals surface area (Å²) in [4.78, 5) is 2.00. The minimum atomic E-state index is 0. The number of unbranched alkanes of at least 4 members (excludes halogenated alkanes) is 1. The lowest BCUT2D eigenvalue weighted by Gasteiger charge is -1.90. The average Bonchev–Trinajstić information content (AvgIpc) is 1.66. The Morgan fingerprint density at radius 2 is 1.50 bits per heavy atom. The lowest BCUT2D eigenvalue weighted by molar-refractivity contribution is 0.287. The topological polar surface area (TPSA) is 58.5 Å². The van der Waals surface area contributed by atoms with Gasteiger partial charge in [-0.15, -0.1) is 0 Å². The fraction of sp³-hybridized carbons (Fsp3) is 1.00. The van der Waals surface area contributed by atoms with Crippen LogP contribution in [0.2, 0.25) is 0 Å². The van der Waals surface area contributed by atoms with Crippen molar-refractivity contribution in [1.29, 1.82) is 0 Å². The lowest BCUT2D eigenvalue weighted by atomic mass is 10.4. The molecule has 0 aromatic rings. The van der Waals surface area contributed by atoms with Crippen LogP contribution in [0.3, 0.4) is 0 Å². The van der Waals surface area contributed by atoms with Crippen molar-refractivity contribution in [3.05, 3.63) is 0 Å². The van der Waals surface area contributed by atoms with Crippen LogP contribution in [0, 0.1) is 0 Å². The van der Waals surface area contributed by atoms with E-state index < -0.39 is 0 Å². The highest BCUT2D eigenvalue weighted by Gasteiger charge is 1.69. The van der Waals surface area contributed by atoms with Gasteiger partial charge < -0.3 is 16.2 Å². The van der Waals surface area contributed by atoms with Crippen molar-refractivity contribution < 1.29 is 5.11 Å². The SMILES string of the molecule is CCCCO.CN(C)C.N. The molecule has 0 heterocycles.